The Balaban J connectivity index is 2.11. The molecule has 2 N–H and O–H groups in total. The van der Waals surface area contributed by atoms with Crippen LogP contribution in [0.3, 0.4) is 0 Å². The van der Waals surface area contributed by atoms with Crippen molar-refractivity contribution in [2.75, 3.05) is 12.4 Å². The maximum atomic E-state index is 4.60. The molecule has 0 bridgehead atoms. The smallest absolute Gasteiger partial charge is 0.225 e. The Morgan fingerprint density at radius 1 is 1.05 bits per heavy atom. The summed E-state index contributed by atoms with van der Waals surface area (Å²) in [5.41, 5.74) is 3.52. The molecule has 0 saturated heterocycles. The average molecular weight is 276 g/mol. The van der Waals surface area contributed by atoms with Crippen LogP contribution in [0, 0.1) is 0 Å². The highest BCUT2D eigenvalue weighted by atomic mass is 15.2. The number of fused-ring (bicyclic) bond motifs is 2. The Morgan fingerprint density at radius 3 is 2.90 bits per heavy atom. The minimum Gasteiger partial charge on any atom is -0.357 e. The zero-order valence-corrected chi connectivity index (χ0v) is 11.3. The Kier molecular flexibility index (Phi) is 2.53. The number of H-pyrrole nitrogens is 1. The first kappa shape index (κ1) is 11.8. The van der Waals surface area contributed by atoms with Gasteiger partial charge in [0.2, 0.25) is 5.95 Å². The van der Waals surface area contributed by atoms with Gasteiger partial charge >= 0.3 is 0 Å². The first-order valence-corrected chi connectivity index (χ1v) is 6.60. The van der Waals surface area contributed by atoms with Crippen LogP contribution in [0.2, 0.25) is 0 Å². The van der Waals surface area contributed by atoms with Crippen LogP contribution >= 0.6 is 0 Å². The molecule has 0 atom stereocenters. The fraction of sp³-hybridized carbons (Fsp3) is 0.0667. The molecule has 0 aliphatic rings. The molecule has 0 spiro atoms. The standard InChI is InChI=1S/C15H12N6/c1-16-15-19-13(11-8-18-21-14(11)20-15)10-4-2-6-12-9(10)5-3-7-17-12/h2-8H,1H3,(H2,16,18,19,20,21). The van der Waals surface area contributed by atoms with Gasteiger partial charge in [-0.25, -0.2) is 4.98 Å². The van der Waals surface area contributed by atoms with E-state index < -0.39 is 0 Å². The lowest BCUT2D eigenvalue weighted by atomic mass is 10.0. The van der Waals surface area contributed by atoms with Crippen molar-refractivity contribution in [1.29, 1.82) is 0 Å². The summed E-state index contributed by atoms with van der Waals surface area (Å²) in [5, 5.41) is 11.9. The minimum absolute atomic E-state index is 0.558. The van der Waals surface area contributed by atoms with E-state index in [0.717, 1.165) is 27.5 Å². The molecule has 4 rings (SSSR count). The van der Waals surface area contributed by atoms with Crippen LogP contribution < -0.4 is 5.32 Å². The number of hydrogen-bond acceptors (Lipinski definition) is 5. The van der Waals surface area contributed by atoms with Crippen LogP contribution in [0.15, 0.2) is 42.7 Å². The average Bonchev–Trinajstić information content (AvgIpc) is 3.02. The highest BCUT2D eigenvalue weighted by molar-refractivity contribution is 6.01. The molecule has 0 radical (unpaired) electrons. The Hall–Kier alpha value is -3.02. The lowest BCUT2D eigenvalue weighted by Crippen LogP contribution is -1.99. The quantitative estimate of drug-likeness (QED) is 0.588. The van der Waals surface area contributed by atoms with Crippen molar-refractivity contribution in [3.05, 3.63) is 42.7 Å². The molecule has 21 heavy (non-hydrogen) atoms. The summed E-state index contributed by atoms with van der Waals surface area (Å²) in [6.07, 6.45) is 3.54. The van der Waals surface area contributed by atoms with Crippen molar-refractivity contribution in [3.63, 3.8) is 0 Å². The predicted molar refractivity (Wildman–Crippen MR) is 82.0 cm³/mol. The zero-order chi connectivity index (χ0) is 14.2. The molecule has 6 heteroatoms. The maximum absolute atomic E-state index is 4.60. The van der Waals surface area contributed by atoms with Gasteiger partial charge in [-0.2, -0.15) is 10.1 Å². The second-order valence-electron chi connectivity index (χ2n) is 4.65. The van der Waals surface area contributed by atoms with Gasteiger partial charge in [-0.05, 0) is 12.1 Å². The highest BCUT2D eigenvalue weighted by Gasteiger charge is 2.13. The van der Waals surface area contributed by atoms with E-state index in [1.807, 2.05) is 30.3 Å². The monoisotopic (exact) mass is 276 g/mol. The Morgan fingerprint density at radius 2 is 2.00 bits per heavy atom. The van der Waals surface area contributed by atoms with Gasteiger partial charge in [0, 0.05) is 24.2 Å². The van der Waals surface area contributed by atoms with E-state index in [1.54, 1.807) is 19.4 Å². The molecule has 102 valence electrons. The summed E-state index contributed by atoms with van der Waals surface area (Å²) >= 11 is 0. The van der Waals surface area contributed by atoms with Gasteiger partial charge in [0.15, 0.2) is 5.65 Å². The van der Waals surface area contributed by atoms with E-state index in [0.29, 0.717) is 11.6 Å². The number of nitrogens with one attached hydrogen (secondary N) is 2. The molecule has 0 fully saturated rings. The fourth-order valence-corrected chi connectivity index (χ4v) is 2.46. The Bertz CT molecular complexity index is 938. The number of benzene rings is 1. The third-order valence-electron chi connectivity index (χ3n) is 3.43. The zero-order valence-electron chi connectivity index (χ0n) is 11.3. The summed E-state index contributed by atoms with van der Waals surface area (Å²) in [4.78, 5) is 13.4. The first-order valence-electron chi connectivity index (χ1n) is 6.60. The van der Waals surface area contributed by atoms with Crippen LogP contribution in [0.25, 0.3) is 33.2 Å². The Labute approximate surface area is 120 Å². The molecule has 0 amide bonds. The van der Waals surface area contributed by atoms with Gasteiger partial charge in [0.05, 0.1) is 22.8 Å². The number of anilines is 1. The normalized spacial score (nSPS) is 11.1. The molecule has 0 unspecified atom stereocenters. The highest BCUT2D eigenvalue weighted by Crippen LogP contribution is 2.31. The van der Waals surface area contributed by atoms with Gasteiger partial charge in [0.25, 0.3) is 0 Å². The molecule has 0 saturated carbocycles. The van der Waals surface area contributed by atoms with E-state index in [1.165, 1.54) is 0 Å². The molecule has 1 aromatic carbocycles. The summed E-state index contributed by atoms with van der Waals surface area (Å²) in [5.74, 6) is 0.558. The van der Waals surface area contributed by atoms with Crippen LogP contribution in [0.1, 0.15) is 0 Å². The van der Waals surface area contributed by atoms with Gasteiger partial charge in [-0.15, -0.1) is 0 Å². The number of aromatic nitrogens is 5. The molecular formula is C15H12N6. The van der Waals surface area contributed by atoms with Crippen molar-refractivity contribution in [1.82, 2.24) is 25.1 Å². The second kappa shape index (κ2) is 4.52. The second-order valence-corrected chi connectivity index (χ2v) is 4.65. The first-order chi connectivity index (χ1) is 10.4. The van der Waals surface area contributed by atoms with Gasteiger partial charge in [-0.3, -0.25) is 10.1 Å². The molecular weight excluding hydrogens is 264 g/mol. The van der Waals surface area contributed by atoms with Crippen molar-refractivity contribution in [2.24, 2.45) is 0 Å². The van der Waals surface area contributed by atoms with E-state index >= 15 is 0 Å². The van der Waals surface area contributed by atoms with Crippen molar-refractivity contribution in [2.45, 2.75) is 0 Å². The molecule has 4 aromatic rings. The largest absolute Gasteiger partial charge is 0.357 e. The van der Waals surface area contributed by atoms with Crippen LogP contribution in [0.5, 0.6) is 0 Å². The van der Waals surface area contributed by atoms with E-state index in [9.17, 15) is 0 Å². The third kappa shape index (κ3) is 1.80. The minimum atomic E-state index is 0.558. The van der Waals surface area contributed by atoms with E-state index in [-0.39, 0.29) is 0 Å². The molecule has 0 aliphatic carbocycles. The lowest BCUT2D eigenvalue weighted by Gasteiger charge is -2.08. The molecule has 6 nitrogen and oxygen atoms in total. The van der Waals surface area contributed by atoms with Crippen LogP contribution in [0.4, 0.5) is 5.95 Å². The van der Waals surface area contributed by atoms with E-state index in [4.69, 9.17) is 0 Å². The molecule has 0 aliphatic heterocycles. The number of pyridine rings is 1. The molecule has 3 aromatic heterocycles. The van der Waals surface area contributed by atoms with E-state index in [2.05, 4.69) is 30.5 Å². The van der Waals surface area contributed by atoms with Crippen LogP contribution in [-0.4, -0.2) is 32.2 Å². The summed E-state index contributed by atoms with van der Waals surface area (Å²) in [7, 11) is 1.80. The van der Waals surface area contributed by atoms with Crippen molar-refractivity contribution < 1.29 is 0 Å². The third-order valence-corrected chi connectivity index (χ3v) is 3.43. The topological polar surface area (TPSA) is 79.4 Å². The maximum Gasteiger partial charge on any atom is 0.225 e. The van der Waals surface area contributed by atoms with Gasteiger partial charge in [-0.1, -0.05) is 18.2 Å². The van der Waals surface area contributed by atoms with Gasteiger partial charge < -0.3 is 5.32 Å². The van der Waals surface area contributed by atoms with Crippen LogP contribution in [-0.2, 0) is 0 Å². The summed E-state index contributed by atoms with van der Waals surface area (Å²) in [6, 6.07) is 9.99. The molecule has 3 heterocycles. The number of hydrogen-bond donors (Lipinski definition) is 2. The van der Waals surface area contributed by atoms with Crippen molar-refractivity contribution in [3.8, 4) is 11.3 Å². The fourth-order valence-electron chi connectivity index (χ4n) is 2.46. The summed E-state index contributed by atoms with van der Waals surface area (Å²) < 4.78 is 0. The number of aromatic amines is 1. The predicted octanol–water partition coefficient (Wildman–Crippen LogP) is 2.61. The SMILES string of the molecule is CNc1nc(-c2cccc3ncccc23)c2cn[nH]c2n1. The number of nitrogens with zero attached hydrogens (tertiary/aromatic N) is 4. The van der Waals surface area contributed by atoms with Crippen molar-refractivity contribution >= 4 is 27.9 Å². The number of rotatable bonds is 2. The van der Waals surface area contributed by atoms with Gasteiger partial charge in [0.1, 0.15) is 0 Å². The lowest BCUT2D eigenvalue weighted by molar-refractivity contribution is 1.09. The summed E-state index contributed by atoms with van der Waals surface area (Å²) in [6.45, 7) is 0.